The van der Waals surface area contributed by atoms with Crippen LogP contribution in [0.15, 0.2) is 53.4 Å². The number of nitrogens with zero attached hydrogens (tertiary/aromatic N) is 1. The zero-order valence-electron chi connectivity index (χ0n) is 16.6. The number of carbonyl (C=O) groups is 2. The summed E-state index contributed by atoms with van der Waals surface area (Å²) in [7, 11) is 0. The van der Waals surface area contributed by atoms with Gasteiger partial charge in [0.25, 0.3) is 11.6 Å². The van der Waals surface area contributed by atoms with Crippen LogP contribution in [-0.2, 0) is 9.53 Å². The molecule has 0 fully saturated rings. The van der Waals surface area contributed by atoms with Gasteiger partial charge in [0, 0.05) is 18.5 Å². The number of hydrogen-bond acceptors (Lipinski definition) is 6. The topological polar surface area (TPSA) is 98.5 Å². The molecule has 0 saturated heterocycles. The summed E-state index contributed by atoms with van der Waals surface area (Å²) < 4.78 is 5.20. The summed E-state index contributed by atoms with van der Waals surface area (Å²) in [5.74, 6) is -1.04. The van der Waals surface area contributed by atoms with E-state index in [0.29, 0.717) is 11.4 Å². The Morgan fingerprint density at radius 3 is 2.48 bits per heavy atom. The number of carbonyl (C=O) groups excluding carboxylic acids is 2. The van der Waals surface area contributed by atoms with Crippen LogP contribution >= 0.6 is 11.8 Å². The Hall–Kier alpha value is -2.87. The van der Waals surface area contributed by atoms with Crippen LogP contribution in [0.2, 0.25) is 0 Å². The second kappa shape index (κ2) is 10.6. The molecule has 0 radical (unpaired) electrons. The molecule has 0 aromatic heterocycles. The number of hydrogen-bond donors (Lipinski definition) is 1. The van der Waals surface area contributed by atoms with Gasteiger partial charge in [-0.2, -0.15) is 0 Å². The summed E-state index contributed by atoms with van der Waals surface area (Å²) in [6, 6.07) is 14.0. The zero-order valence-corrected chi connectivity index (χ0v) is 17.4. The number of rotatable bonds is 9. The lowest BCUT2D eigenvalue weighted by atomic mass is 9.96. The normalized spacial score (nSPS) is 12.7. The molecule has 154 valence electrons. The highest BCUT2D eigenvalue weighted by Gasteiger charge is 2.22. The molecule has 2 rings (SSSR count). The van der Waals surface area contributed by atoms with E-state index >= 15 is 0 Å². The highest BCUT2D eigenvalue weighted by molar-refractivity contribution is 7.98. The molecule has 0 unspecified atom stereocenters. The molecular weight excluding hydrogens is 392 g/mol. The van der Waals surface area contributed by atoms with Crippen molar-refractivity contribution in [3.8, 4) is 0 Å². The van der Waals surface area contributed by atoms with Crippen LogP contribution in [0.25, 0.3) is 0 Å². The summed E-state index contributed by atoms with van der Waals surface area (Å²) in [4.78, 5) is 35.7. The van der Waals surface area contributed by atoms with Gasteiger partial charge in [0.1, 0.15) is 0 Å². The van der Waals surface area contributed by atoms with Gasteiger partial charge < -0.3 is 10.1 Å². The van der Waals surface area contributed by atoms with Gasteiger partial charge >= 0.3 is 5.97 Å². The zero-order chi connectivity index (χ0) is 21.4. The van der Waals surface area contributed by atoms with Crippen molar-refractivity contribution in [2.45, 2.75) is 37.2 Å². The highest BCUT2D eigenvalue weighted by atomic mass is 32.2. The summed E-state index contributed by atoms with van der Waals surface area (Å²) >= 11 is 1.21. The van der Waals surface area contributed by atoms with Gasteiger partial charge in [0.15, 0.2) is 6.10 Å². The fourth-order valence-corrected chi connectivity index (χ4v) is 3.38. The van der Waals surface area contributed by atoms with Crippen LogP contribution in [0.1, 0.15) is 42.1 Å². The first kappa shape index (κ1) is 22.4. The Morgan fingerprint density at radius 1 is 1.21 bits per heavy atom. The molecule has 0 aliphatic heterocycles. The predicted molar refractivity (Wildman–Crippen MR) is 112 cm³/mol. The van der Waals surface area contributed by atoms with E-state index in [1.165, 1.54) is 36.9 Å². The molecule has 2 atom stereocenters. The lowest BCUT2D eigenvalue weighted by molar-refractivity contribution is -0.387. The second-order valence-electron chi connectivity index (χ2n) is 6.45. The monoisotopic (exact) mass is 416 g/mol. The minimum Gasteiger partial charge on any atom is -0.449 e. The van der Waals surface area contributed by atoms with Crippen molar-refractivity contribution in [1.82, 2.24) is 5.32 Å². The minimum absolute atomic E-state index is 0.0323. The fourth-order valence-electron chi connectivity index (χ4n) is 2.83. The van der Waals surface area contributed by atoms with E-state index in [-0.39, 0.29) is 17.2 Å². The van der Waals surface area contributed by atoms with Crippen molar-refractivity contribution in [3.63, 3.8) is 0 Å². The van der Waals surface area contributed by atoms with Crippen LogP contribution in [0, 0.1) is 10.1 Å². The Morgan fingerprint density at radius 2 is 1.90 bits per heavy atom. The lowest BCUT2D eigenvalue weighted by Crippen LogP contribution is -2.38. The summed E-state index contributed by atoms with van der Waals surface area (Å²) in [5, 5.41) is 14.0. The van der Waals surface area contributed by atoms with Crippen molar-refractivity contribution in [1.29, 1.82) is 0 Å². The third-order valence-electron chi connectivity index (χ3n) is 4.55. The average Bonchev–Trinajstić information content (AvgIpc) is 2.74. The molecule has 0 aliphatic rings. The van der Waals surface area contributed by atoms with Crippen LogP contribution in [0.5, 0.6) is 0 Å². The van der Waals surface area contributed by atoms with Gasteiger partial charge in [-0.3, -0.25) is 14.9 Å². The van der Waals surface area contributed by atoms with Crippen LogP contribution in [-0.4, -0.2) is 35.7 Å². The number of esters is 1. The van der Waals surface area contributed by atoms with Gasteiger partial charge in [-0.25, -0.2) is 4.79 Å². The number of nitro groups is 1. The van der Waals surface area contributed by atoms with E-state index in [4.69, 9.17) is 4.74 Å². The lowest BCUT2D eigenvalue weighted by Gasteiger charge is -2.18. The molecule has 2 aromatic carbocycles. The van der Waals surface area contributed by atoms with Gasteiger partial charge in [0.05, 0.1) is 15.4 Å². The largest absolute Gasteiger partial charge is 0.449 e. The fraction of sp³-hybridized carbons (Fsp3) is 0.333. The Labute approximate surface area is 174 Å². The molecule has 1 amide bonds. The molecule has 0 aliphatic carbocycles. The Kier molecular flexibility index (Phi) is 8.21. The van der Waals surface area contributed by atoms with Crippen molar-refractivity contribution in [3.05, 3.63) is 69.8 Å². The number of benzene rings is 2. The highest BCUT2D eigenvalue weighted by Crippen LogP contribution is 2.28. The molecule has 0 saturated carbocycles. The molecular formula is C21H24N2O5S. The van der Waals surface area contributed by atoms with Crippen LogP contribution < -0.4 is 5.32 Å². The number of amides is 1. The van der Waals surface area contributed by atoms with E-state index < -0.39 is 22.9 Å². The van der Waals surface area contributed by atoms with Crippen molar-refractivity contribution >= 4 is 29.3 Å². The Bertz CT molecular complexity index is 873. The third kappa shape index (κ3) is 6.05. The van der Waals surface area contributed by atoms with Gasteiger partial charge in [-0.05, 0) is 37.3 Å². The summed E-state index contributed by atoms with van der Waals surface area (Å²) in [5.41, 5.74) is 0.990. The number of nitrogens with one attached hydrogen (secondary N) is 1. The Balaban J connectivity index is 1.97. The van der Waals surface area contributed by atoms with E-state index in [1.54, 1.807) is 6.26 Å². The van der Waals surface area contributed by atoms with E-state index in [0.717, 1.165) is 12.0 Å². The maximum Gasteiger partial charge on any atom is 0.339 e. The first-order valence-electron chi connectivity index (χ1n) is 9.23. The van der Waals surface area contributed by atoms with Crippen LogP contribution in [0.3, 0.4) is 0 Å². The van der Waals surface area contributed by atoms with Crippen molar-refractivity contribution < 1.29 is 19.2 Å². The summed E-state index contributed by atoms with van der Waals surface area (Å²) in [6.07, 6.45) is 1.55. The molecule has 0 heterocycles. The molecule has 0 spiro atoms. The second-order valence-corrected chi connectivity index (χ2v) is 7.30. The van der Waals surface area contributed by atoms with Crippen molar-refractivity contribution in [2.75, 3.05) is 12.8 Å². The first-order valence-corrected chi connectivity index (χ1v) is 10.5. The van der Waals surface area contributed by atoms with Crippen LogP contribution in [0.4, 0.5) is 5.69 Å². The smallest absolute Gasteiger partial charge is 0.339 e. The molecule has 2 aromatic rings. The van der Waals surface area contributed by atoms with Crippen molar-refractivity contribution in [2.24, 2.45) is 0 Å². The summed E-state index contributed by atoms with van der Waals surface area (Å²) in [6.45, 7) is 3.94. The SMILES string of the molecule is CC[C@@H](CNC(=O)[C@H](C)OC(=O)c1ccc(SC)c([N+](=O)[O-])c1)c1ccccc1. The predicted octanol–water partition coefficient (Wildman–Crippen LogP) is 4.17. The van der Waals surface area contributed by atoms with Gasteiger partial charge in [0.2, 0.25) is 0 Å². The standard InChI is InChI=1S/C21H24N2O5S/c1-4-15(16-8-6-5-7-9-16)13-22-20(24)14(2)28-21(25)17-10-11-19(29-3)18(12-17)23(26)27/h5-12,14-15H,4,13H2,1-3H3,(H,22,24)/t14-,15-/m0/s1. The molecule has 7 nitrogen and oxygen atoms in total. The molecule has 0 bridgehead atoms. The number of thioether (sulfide) groups is 1. The quantitative estimate of drug-likeness (QED) is 0.285. The first-order chi connectivity index (χ1) is 13.9. The number of ether oxygens (including phenoxy) is 1. The average molecular weight is 416 g/mol. The van der Waals surface area contributed by atoms with E-state index in [9.17, 15) is 19.7 Å². The minimum atomic E-state index is -1.02. The van der Waals surface area contributed by atoms with E-state index in [2.05, 4.69) is 5.32 Å². The molecule has 1 N–H and O–H groups in total. The van der Waals surface area contributed by atoms with Gasteiger partial charge in [-0.1, -0.05) is 37.3 Å². The van der Waals surface area contributed by atoms with Gasteiger partial charge in [-0.15, -0.1) is 11.8 Å². The molecule has 8 heteroatoms. The van der Waals surface area contributed by atoms with E-state index in [1.807, 2.05) is 37.3 Å². The third-order valence-corrected chi connectivity index (χ3v) is 5.34. The molecule has 29 heavy (non-hydrogen) atoms. The maximum absolute atomic E-state index is 12.3. The maximum atomic E-state index is 12.3. The number of nitro benzene ring substituents is 1.